The lowest BCUT2D eigenvalue weighted by atomic mass is 10.2. The summed E-state index contributed by atoms with van der Waals surface area (Å²) in [5.41, 5.74) is 0.718. The molecule has 0 aliphatic carbocycles. The molecule has 0 aliphatic rings. The van der Waals surface area contributed by atoms with Gasteiger partial charge in [0.25, 0.3) is 0 Å². The van der Waals surface area contributed by atoms with Gasteiger partial charge in [-0.25, -0.2) is 4.98 Å². The highest BCUT2D eigenvalue weighted by Crippen LogP contribution is 2.26. The molecule has 2 aromatic rings. The maximum Gasteiger partial charge on any atom is 0.244 e. The Morgan fingerprint density at radius 3 is 3.00 bits per heavy atom. The van der Waals surface area contributed by atoms with Crippen molar-refractivity contribution in [1.29, 1.82) is 0 Å². The average molecular weight is 324 g/mol. The van der Waals surface area contributed by atoms with Gasteiger partial charge in [-0.3, -0.25) is 4.79 Å². The Labute approximate surface area is 133 Å². The van der Waals surface area contributed by atoms with Crippen molar-refractivity contribution < 1.29 is 4.79 Å². The van der Waals surface area contributed by atoms with E-state index in [1.54, 1.807) is 36.7 Å². The minimum atomic E-state index is -0.162. The lowest BCUT2D eigenvalue weighted by molar-refractivity contribution is -0.116. The fourth-order valence-electron chi connectivity index (χ4n) is 1.78. The van der Waals surface area contributed by atoms with E-state index in [9.17, 15) is 4.79 Å². The van der Waals surface area contributed by atoms with Crippen LogP contribution >= 0.6 is 23.2 Å². The number of hydrogen-bond acceptors (Lipinski definition) is 2. The van der Waals surface area contributed by atoms with E-state index in [0.29, 0.717) is 16.6 Å². The molecule has 0 aliphatic heterocycles. The van der Waals surface area contributed by atoms with E-state index >= 15 is 0 Å². The van der Waals surface area contributed by atoms with Gasteiger partial charge in [0.15, 0.2) is 0 Å². The van der Waals surface area contributed by atoms with Crippen LogP contribution in [0.15, 0.2) is 36.7 Å². The number of rotatable bonds is 6. The molecule has 2 N–H and O–H groups in total. The number of aromatic nitrogens is 2. The summed E-state index contributed by atoms with van der Waals surface area (Å²) in [6.07, 6.45) is 8.22. The SMILES string of the molecule is O=C(/C=C/c1cccc(Cl)c1Cl)NCCCc1ncc[nH]1. The van der Waals surface area contributed by atoms with E-state index in [4.69, 9.17) is 23.2 Å². The summed E-state index contributed by atoms with van der Waals surface area (Å²) in [7, 11) is 0. The second-order valence-corrected chi connectivity index (χ2v) is 5.19. The van der Waals surface area contributed by atoms with Crippen LogP contribution in [0.5, 0.6) is 0 Å². The van der Waals surface area contributed by atoms with Crippen LogP contribution in [0.4, 0.5) is 0 Å². The summed E-state index contributed by atoms with van der Waals surface area (Å²) in [4.78, 5) is 18.8. The number of amides is 1. The summed E-state index contributed by atoms with van der Waals surface area (Å²) in [6.45, 7) is 0.590. The molecule has 1 heterocycles. The maximum atomic E-state index is 11.7. The number of carbonyl (C=O) groups is 1. The van der Waals surface area contributed by atoms with E-state index in [0.717, 1.165) is 24.2 Å². The summed E-state index contributed by atoms with van der Waals surface area (Å²) in [5.74, 6) is 0.760. The maximum absolute atomic E-state index is 11.7. The second-order valence-electron chi connectivity index (χ2n) is 4.41. The fourth-order valence-corrected chi connectivity index (χ4v) is 2.15. The third kappa shape index (κ3) is 4.92. The lowest BCUT2D eigenvalue weighted by Gasteiger charge is -2.02. The molecular formula is C15H15Cl2N3O. The van der Waals surface area contributed by atoms with E-state index in [-0.39, 0.29) is 5.91 Å². The standard InChI is InChI=1S/C15H15Cl2N3O/c16-12-4-1-3-11(15(12)17)6-7-14(21)20-8-2-5-13-18-9-10-19-13/h1,3-4,6-7,9-10H,2,5,8H2,(H,18,19)(H,20,21)/b7-6+. The number of nitrogens with one attached hydrogen (secondary N) is 2. The molecular weight excluding hydrogens is 309 g/mol. The molecule has 0 bridgehead atoms. The molecule has 0 unspecified atom stereocenters. The smallest absolute Gasteiger partial charge is 0.244 e. The van der Waals surface area contributed by atoms with Crippen LogP contribution in [-0.4, -0.2) is 22.4 Å². The van der Waals surface area contributed by atoms with E-state index < -0.39 is 0 Å². The highest BCUT2D eigenvalue weighted by atomic mass is 35.5. The number of aryl methyl sites for hydroxylation is 1. The van der Waals surface area contributed by atoms with E-state index in [1.165, 1.54) is 6.08 Å². The number of H-pyrrole nitrogens is 1. The zero-order valence-electron chi connectivity index (χ0n) is 11.3. The normalized spacial score (nSPS) is 11.0. The van der Waals surface area contributed by atoms with Crippen LogP contribution in [0.2, 0.25) is 10.0 Å². The Balaban J connectivity index is 1.76. The molecule has 1 aromatic carbocycles. The Morgan fingerprint density at radius 2 is 2.24 bits per heavy atom. The topological polar surface area (TPSA) is 57.8 Å². The number of carbonyl (C=O) groups excluding carboxylic acids is 1. The van der Waals surface area contributed by atoms with Crippen LogP contribution in [0.25, 0.3) is 6.08 Å². The molecule has 4 nitrogen and oxygen atoms in total. The number of hydrogen-bond donors (Lipinski definition) is 2. The van der Waals surface area contributed by atoms with Crippen LogP contribution < -0.4 is 5.32 Å². The van der Waals surface area contributed by atoms with Crippen LogP contribution in [0.1, 0.15) is 17.8 Å². The van der Waals surface area contributed by atoms with Crippen molar-refractivity contribution in [3.63, 3.8) is 0 Å². The van der Waals surface area contributed by atoms with Gasteiger partial charge in [-0.05, 0) is 24.1 Å². The lowest BCUT2D eigenvalue weighted by Crippen LogP contribution is -2.22. The Morgan fingerprint density at radius 1 is 1.38 bits per heavy atom. The number of aromatic amines is 1. The minimum absolute atomic E-state index is 0.162. The van der Waals surface area contributed by atoms with E-state index in [1.807, 2.05) is 0 Å². The predicted octanol–water partition coefficient (Wildman–Crippen LogP) is 3.48. The Hall–Kier alpha value is -1.78. The fraction of sp³-hybridized carbons (Fsp3) is 0.200. The molecule has 21 heavy (non-hydrogen) atoms. The molecule has 110 valence electrons. The van der Waals surface area contributed by atoms with Gasteiger partial charge >= 0.3 is 0 Å². The van der Waals surface area contributed by atoms with Crippen molar-refractivity contribution in [2.75, 3.05) is 6.54 Å². The first-order valence-corrected chi connectivity index (χ1v) is 7.30. The first-order valence-electron chi connectivity index (χ1n) is 6.55. The largest absolute Gasteiger partial charge is 0.353 e. The zero-order valence-corrected chi connectivity index (χ0v) is 12.8. The van der Waals surface area contributed by atoms with Gasteiger partial charge in [0.1, 0.15) is 5.82 Å². The number of benzene rings is 1. The van der Waals surface area contributed by atoms with Crippen molar-refractivity contribution in [2.45, 2.75) is 12.8 Å². The molecule has 0 saturated heterocycles. The highest BCUT2D eigenvalue weighted by Gasteiger charge is 2.02. The predicted molar refractivity (Wildman–Crippen MR) is 85.4 cm³/mol. The number of halogens is 2. The summed E-state index contributed by atoms with van der Waals surface area (Å²) in [6, 6.07) is 5.29. The third-order valence-electron chi connectivity index (χ3n) is 2.84. The first-order chi connectivity index (χ1) is 10.2. The van der Waals surface area contributed by atoms with Gasteiger partial charge in [0, 0.05) is 31.4 Å². The number of nitrogens with zero attached hydrogens (tertiary/aromatic N) is 1. The molecule has 2 rings (SSSR count). The average Bonchev–Trinajstić information content (AvgIpc) is 2.98. The molecule has 0 radical (unpaired) electrons. The van der Waals surface area contributed by atoms with Crippen molar-refractivity contribution in [3.05, 3.63) is 58.1 Å². The molecule has 0 atom stereocenters. The summed E-state index contributed by atoms with van der Waals surface area (Å²) >= 11 is 11.9. The van der Waals surface area contributed by atoms with E-state index in [2.05, 4.69) is 15.3 Å². The zero-order chi connectivity index (χ0) is 15.1. The van der Waals surface area contributed by atoms with Gasteiger partial charge in [0.2, 0.25) is 5.91 Å². The molecule has 0 fully saturated rings. The van der Waals surface area contributed by atoms with Gasteiger partial charge in [-0.2, -0.15) is 0 Å². The third-order valence-corrected chi connectivity index (χ3v) is 3.67. The first kappa shape index (κ1) is 15.6. The Kier molecular flexibility index (Phi) is 5.84. The Bertz CT molecular complexity index is 624. The molecule has 1 amide bonds. The summed E-state index contributed by atoms with van der Waals surface area (Å²) < 4.78 is 0. The quantitative estimate of drug-likeness (QED) is 0.631. The van der Waals surface area contributed by atoms with Gasteiger partial charge in [-0.1, -0.05) is 35.3 Å². The highest BCUT2D eigenvalue weighted by molar-refractivity contribution is 6.42. The van der Waals surface area contributed by atoms with Crippen LogP contribution in [0.3, 0.4) is 0 Å². The second kappa shape index (κ2) is 7.86. The van der Waals surface area contributed by atoms with Gasteiger partial charge in [-0.15, -0.1) is 0 Å². The molecule has 1 aromatic heterocycles. The van der Waals surface area contributed by atoms with Crippen molar-refractivity contribution in [1.82, 2.24) is 15.3 Å². The van der Waals surface area contributed by atoms with Crippen molar-refractivity contribution >= 4 is 35.2 Å². The van der Waals surface area contributed by atoms with Crippen LogP contribution in [0, 0.1) is 0 Å². The minimum Gasteiger partial charge on any atom is -0.353 e. The monoisotopic (exact) mass is 323 g/mol. The van der Waals surface area contributed by atoms with Crippen molar-refractivity contribution in [3.8, 4) is 0 Å². The molecule has 0 spiro atoms. The van der Waals surface area contributed by atoms with Crippen molar-refractivity contribution in [2.24, 2.45) is 0 Å². The van der Waals surface area contributed by atoms with Crippen LogP contribution in [-0.2, 0) is 11.2 Å². The molecule has 0 saturated carbocycles. The molecule has 6 heteroatoms. The number of imidazole rings is 1. The van der Waals surface area contributed by atoms with Gasteiger partial charge < -0.3 is 10.3 Å². The summed E-state index contributed by atoms with van der Waals surface area (Å²) in [5, 5.41) is 3.72. The van der Waals surface area contributed by atoms with Gasteiger partial charge in [0.05, 0.1) is 10.0 Å².